The van der Waals surface area contributed by atoms with E-state index in [-0.39, 0.29) is 12.2 Å². The molecule has 3 nitrogen and oxygen atoms in total. The summed E-state index contributed by atoms with van der Waals surface area (Å²) >= 11 is 0. The topological polar surface area (TPSA) is 35.5 Å². The van der Waals surface area contributed by atoms with Gasteiger partial charge >= 0.3 is 12.3 Å². The van der Waals surface area contributed by atoms with Gasteiger partial charge in [-0.2, -0.15) is 0 Å². The third kappa shape index (κ3) is 4.67. The number of hydrogen-bond acceptors (Lipinski definition) is 3. The van der Waals surface area contributed by atoms with Crippen molar-refractivity contribution in [1.82, 2.24) is 0 Å². The first-order valence-electron chi connectivity index (χ1n) is 5.56. The van der Waals surface area contributed by atoms with Gasteiger partial charge in [-0.15, -0.1) is 13.2 Å². The third-order valence-electron chi connectivity index (χ3n) is 2.24. The van der Waals surface area contributed by atoms with E-state index in [1.165, 1.54) is 6.92 Å². The lowest BCUT2D eigenvalue weighted by Gasteiger charge is -2.15. The van der Waals surface area contributed by atoms with E-state index in [0.29, 0.717) is 0 Å². The Balaban J connectivity index is 3.11. The highest BCUT2D eigenvalue weighted by Crippen LogP contribution is 2.35. The summed E-state index contributed by atoms with van der Waals surface area (Å²) < 4.78 is 70.3. The fourth-order valence-corrected chi connectivity index (χ4v) is 1.57. The van der Waals surface area contributed by atoms with Gasteiger partial charge < -0.3 is 9.47 Å². The van der Waals surface area contributed by atoms with Gasteiger partial charge in [-0.05, 0) is 18.6 Å². The van der Waals surface area contributed by atoms with Crippen LogP contribution in [-0.2, 0) is 16.0 Å². The van der Waals surface area contributed by atoms with E-state index in [4.69, 9.17) is 0 Å². The fraction of sp³-hybridized carbons (Fsp3) is 0.417. The largest absolute Gasteiger partial charge is 0.573 e. The zero-order valence-electron chi connectivity index (χ0n) is 10.3. The van der Waals surface area contributed by atoms with Crippen molar-refractivity contribution < 1.29 is 36.2 Å². The van der Waals surface area contributed by atoms with Crippen LogP contribution in [0.4, 0.5) is 22.0 Å². The van der Waals surface area contributed by atoms with Gasteiger partial charge in [0.25, 0.3) is 6.43 Å². The Labute approximate surface area is 111 Å². The summed E-state index contributed by atoms with van der Waals surface area (Å²) in [5.74, 6) is -1.83. The SMILES string of the molecule is CCOC(=O)Cc1cccc(OC(F)(F)F)c1C(F)F. The van der Waals surface area contributed by atoms with E-state index < -0.39 is 36.5 Å². The number of halogens is 5. The number of hydrogen-bond donors (Lipinski definition) is 0. The number of alkyl halides is 5. The molecule has 0 aliphatic rings. The van der Waals surface area contributed by atoms with Gasteiger partial charge in [0, 0.05) is 0 Å². The lowest BCUT2D eigenvalue weighted by Crippen LogP contribution is -2.19. The van der Waals surface area contributed by atoms with Crippen molar-refractivity contribution in [3.63, 3.8) is 0 Å². The normalized spacial score (nSPS) is 11.6. The van der Waals surface area contributed by atoms with E-state index in [1.807, 2.05) is 0 Å². The van der Waals surface area contributed by atoms with Gasteiger partial charge in [0.05, 0.1) is 18.6 Å². The molecule has 0 fully saturated rings. The molecule has 0 unspecified atom stereocenters. The molecule has 0 amide bonds. The number of carbonyl (C=O) groups excluding carboxylic acids is 1. The van der Waals surface area contributed by atoms with Crippen molar-refractivity contribution in [3.05, 3.63) is 29.3 Å². The number of ether oxygens (including phenoxy) is 2. The predicted molar refractivity (Wildman–Crippen MR) is 58.4 cm³/mol. The summed E-state index contributed by atoms with van der Waals surface area (Å²) in [6, 6.07) is 2.99. The summed E-state index contributed by atoms with van der Waals surface area (Å²) in [4.78, 5) is 11.3. The van der Waals surface area contributed by atoms with Crippen molar-refractivity contribution in [3.8, 4) is 5.75 Å². The molecule has 0 N–H and O–H groups in total. The molecule has 8 heteroatoms. The molecule has 1 aromatic carbocycles. The molecule has 0 heterocycles. The van der Waals surface area contributed by atoms with Gasteiger partial charge in [-0.25, -0.2) is 8.78 Å². The minimum atomic E-state index is -5.09. The molecule has 0 saturated heterocycles. The Morgan fingerprint density at radius 1 is 1.30 bits per heavy atom. The zero-order valence-corrected chi connectivity index (χ0v) is 10.3. The van der Waals surface area contributed by atoms with E-state index in [1.54, 1.807) is 0 Å². The van der Waals surface area contributed by atoms with Gasteiger partial charge in [-0.3, -0.25) is 4.79 Å². The smallest absolute Gasteiger partial charge is 0.466 e. The third-order valence-corrected chi connectivity index (χ3v) is 2.24. The first-order valence-corrected chi connectivity index (χ1v) is 5.56. The Hall–Kier alpha value is -1.86. The number of rotatable bonds is 5. The molecular formula is C12H11F5O3. The quantitative estimate of drug-likeness (QED) is 0.615. The molecular weight excluding hydrogens is 287 g/mol. The minimum absolute atomic E-state index is 0.0432. The lowest BCUT2D eigenvalue weighted by molar-refractivity contribution is -0.275. The maximum Gasteiger partial charge on any atom is 0.573 e. The molecule has 1 rings (SSSR count). The van der Waals surface area contributed by atoms with Crippen LogP contribution in [0.15, 0.2) is 18.2 Å². The van der Waals surface area contributed by atoms with Crippen molar-refractivity contribution in [1.29, 1.82) is 0 Å². The average Bonchev–Trinajstić information content (AvgIpc) is 2.26. The summed E-state index contributed by atoms with van der Waals surface area (Å²) in [5.41, 5.74) is -1.22. The molecule has 0 atom stereocenters. The van der Waals surface area contributed by atoms with E-state index >= 15 is 0 Å². The standard InChI is InChI=1S/C12H11F5O3/c1-2-19-9(18)6-7-4-3-5-8(10(7)11(13)14)20-12(15,16)17/h3-5,11H,2,6H2,1H3. The number of esters is 1. The first-order chi connectivity index (χ1) is 9.24. The molecule has 0 radical (unpaired) electrons. The Morgan fingerprint density at radius 2 is 1.95 bits per heavy atom. The van der Waals surface area contributed by atoms with Gasteiger partial charge in [-0.1, -0.05) is 12.1 Å². The van der Waals surface area contributed by atoms with Crippen molar-refractivity contribution in [2.75, 3.05) is 6.61 Å². The van der Waals surface area contributed by atoms with Crippen LogP contribution in [0.3, 0.4) is 0 Å². The summed E-state index contributed by atoms with van der Waals surface area (Å²) in [5, 5.41) is 0. The molecule has 0 aliphatic heterocycles. The summed E-state index contributed by atoms with van der Waals surface area (Å²) in [7, 11) is 0. The lowest BCUT2D eigenvalue weighted by atomic mass is 10.0. The molecule has 0 bridgehead atoms. The molecule has 1 aromatic rings. The molecule has 0 spiro atoms. The van der Waals surface area contributed by atoms with Crippen molar-refractivity contribution in [2.24, 2.45) is 0 Å². The maximum atomic E-state index is 12.9. The molecule has 0 aliphatic carbocycles. The van der Waals surface area contributed by atoms with Crippen LogP contribution in [0, 0.1) is 0 Å². The first kappa shape index (κ1) is 16.2. The van der Waals surface area contributed by atoms with Crippen LogP contribution in [-0.4, -0.2) is 18.9 Å². The van der Waals surface area contributed by atoms with Gasteiger partial charge in [0.1, 0.15) is 5.75 Å². The van der Waals surface area contributed by atoms with Crippen molar-refractivity contribution in [2.45, 2.75) is 26.1 Å². The van der Waals surface area contributed by atoms with Crippen LogP contribution in [0.1, 0.15) is 24.5 Å². The highest BCUT2D eigenvalue weighted by molar-refractivity contribution is 5.73. The highest BCUT2D eigenvalue weighted by Gasteiger charge is 2.34. The maximum absolute atomic E-state index is 12.9. The zero-order chi connectivity index (χ0) is 15.3. The monoisotopic (exact) mass is 298 g/mol. The Kier molecular flexibility index (Phi) is 5.29. The van der Waals surface area contributed by atoms with E-state index in [9.17, 15) is 26.7 Å². The summed E-state index contributed by atoms with van der Waals surface area (Å²) in [6.45, 7) is 1.57. The molecule has 20 heavy (non-hydrogen) atoms. The second kappa shape index (κ2) is 6.53. The van der Waals surface area contributed by atoms with Crippen LogP contribution in [0.2, 0.25) is 0 Å². The summed E-state index contributed by atoms with van der Waals surface area (Å²) in [6.07, 6.45) is -8.85. The van der Waals surface area contributed by atoms with E-state index in [2.05, 4.69) is 9.47 Å². The molecule has 112 valence electrons. The van der Waals surface area contributed by atoms with Crippen LogP contribution >= 0.6 is 0 Å². The number of benzene rings is 1. The van der Waals surface area contributed by atoms with E-state index in [0.717, 1.165) is 18.2 Å². The van der Waals surface area contributed by atoms with Gasteiger partial charge in [0.15, 0.2) is 0 Å². The Morgan fingerprint density at radius 3 is 2.45 bits per heavy atom. The van der Waals surface area contributed by atoms with Crippen LogP contribution in [0.5, 0.6) is 5.75 Å². The molecule has 0 aromatic heterocycles. The second-order valence-corrected chi connectivity index (χ2v) is 3.66. The van der Waals surface area contributed by atoms with Crippen molar-refractivity contribution >= 4 is 5.97 Å². The Bertz CT molecular complexity index is 471. The minimum Gasteiger partial charge on any atom is -0.466 e. The predicted octanol–water partition coefficient (Wildman–Crippen LogP) is 3.63. The highest BCUT2D eigenvalue weighted by atomic mass is 19.4. The van der Waals surface area contributed by atoms with Crippen LogP contribution < -0.4 is 4.74 Å². The van der Waals surface area contributed by atoms with Crippen LogP contribution in [0.25, 0.3) is 0 Å². The average molecular weight is 298 g/mol. The second-order valence-electron chi connectivity index (χ2n) is 3.66. The number of carbonyl (C=O) groups is 1. The van der Waals surface area contributed by atoms with Gasteiger partial charge in [0.2, 0.25) is 0 Å². The molecule has 0 saturated carbocycles. The fourth-order valence-electron chi connectivity index (χ4n) is 1.57.